The van der Waals surface area contributed by atoms with Crippen LogP contribution in [0, 0.1) is 27.7 Å². The van der Waals surface area contributed by atoms with Crippen molar-refractivity contribution >= 4 is 0 Å². The summed E-state index contributed by atoms with van der Waals surface area (Å²) in [5, 5.41) is 24.0. The molecule has 0 unspecified atom stereocenters. The fourth-order valence-electron chi connectivity index (χ4n) is 7.87. The van der Waals surface area contributed by atoms with Gasteiger partial charge < -0.3 is 10.2 Å². The summed E-state index contributed by atoms with van der Waals surface area (Å²) < 4.78 is 0. The molecule has 2 heteroatoms. The van der Waals surface area contributed by atoms with Crippen LogP contribution in [0.25, 0.3) is 44.5 Å². The van der Waals surface area contributed by atoms with E-state index in [1.807, 2.05) is 0 Å². The van der Waals surface area contributed by atoms with Gasteiger partial charge in [0.25, 0.3) is 0 Å². The van der Waals surface area contributed by atoms with Crippen molar-refractivity contribution < 1.29 is 10.2 Å². The van der Waals surface area contributed by atoms with E-state index in [2.05, 4.69) is 149 Å². The maximum atomic E-state index is 12.0. The molecule has 47 heavy (non-hydrogen) atoms. The molecule has 0 aliphatic heterocycles. The lowest BCUT2D eigenvalue weighted by Gasteiger charge is -2.33. The molecule has 6 aromatic rings. The zero-order valence-corrected chi connectivity index (χ0v) is 27.8. The van der Waals surface area contributed by atoms with Crippen LogP contribution in [-0.2, 0) is 5.41 Å². The van der Waals surface area contributed by atoms with Crippen molar-refractivity contribution in [3.05, 3.63) is 155 Å². The summed E-state index contributed by atoms with van der Waals surface area (Å²) in [4.78, 5) is 0. The quantitative estimate of drug-likeness (QED) is 0.196. The summed E-state index contributed by atoms with van der Waals surface area (Å²) in [5.74, 6) is 0.634. The van der Waals surface area contributed by atoms with Gasteiger partial charge >= 0.3 is 0 Å². The number of rotatable bonds is 6. The van der Waals surface area contributed by atoms with E-state index in [0.717, 1.165) is 92.4 Å². The van der Waals surface area contributed by atoms with Crippen molar-refractivity contribution in [2.45, 2.75) is 58.8 Å². The first-order valence-corrected chi connectivity index (χ1v) is 16.8. The molecule has 0 bridgehead atoms. The van der Waals surface area contributed by atoms with Crippen LogP contribution in [0.5, 0.6) is 11.5 Å². The minimum Gasteiger partial charge on any atom is -0.507 e. The second-order valence-corrected chi connectivity index (χ2v) is 13.4. The summed E-state index contributed by atoms with van der Waals surface area (Å²) >= 11 is 0. The van der Waals surface area contributed by atoms with E-state index in [9.17, 15) is 10.2 Å². The molecule has 7 rings (SSSR count). The van der Waals surface area contributed by atoms with Crippen molar-refractivity contribution in [2.75, 3.05) is 0 Å². The number of aromatic hydroxyl groups is 2. The van der Waals surface area contributed by atoms with Gasteiger partial charge in [-0.3, -0.25) is 0 Å². The molecule has 0 amide bonds. The molecule has 1 saturated carbocycles. The van der Waals surface area contributed by atoms with Gasteiger partial charge in [-0.05, 0) is 120 Å². The van der Waals surface area contributed by atoms with E-state index in [4.69, 9.17) is 0 Å². The third kappa shape index (κ3) is 5.32. The van der Waals surface area contributed by atoms with E-state index in [1.54, 1.807) is 0 Å². The van der Waals surface area contributed by atoms with Gasteiger partial charge in [-0.2, -0.15) is 0 Å². The van der Waals surface area contributed by atoms with Crippen LogP contribution < -0.4 is 0 Å². The van der Waals surface area contributed by atoms with E-state index in [-0.39, 0.29) is 5.41 Å². The van der Waals surface area contributed by atoms with Gasteiger partial charge in [-0.1, -0.05) is 110 Å². The van der Waals surface area contributed by atoms with Crippen LogP contribution in [-0.4, -0.2) is 10.2 Å². The Kier molecular flexibility index (Phi) is 7.98. The topological polar surface area (TPSA) is 40.5 Å². The molecule has 6 aromatic carbocycles. The summed E-state index contributed by atoms with van der Waals surface area (Å²) in [6, 6.07) is 42.3. The van der Waals surface area contributed by atoms with Crippen LogP contribution in [0.15, 0.2) is 121 Å². The highest BCUT2D eigenvalue weighted by Crippen LogP contribution is 2.53. The highest BCUT2D eigenvalue weighted by atomic mass is 16.3. The normalized spacial score (nSPS) is 14.0. The summed E-state index contributed by atoms with van der Waals surface area (Å²) in [6.45, 7) is 8.46. The third-order valence-electron chi connectivity index (χ3n) is 10.5. The Morgan fingerprint density at radius 3 is 0.894 bits per heavy atom. The summed E-state index contributed by atoms with van der Waals surface area (Å²) in [7, 11) is 0. The van der Waals surface area contributed by atoms with Gasteiger partial charge in [0.05, 0.1) is 0 Å². The zero-order valence-electron chi connectivity index (χ0n) is 27.8. The molecule has 234 valence electrons. The fourth-order valence-corrected chi connectivity index (χ4v) is 7.87. The molecular formula is C45H42O2. The molecule has 0 radical (unpaired) electrons. The Morgan fingerprint density at radius 2 is 0.638 bits per heavy atom. The first-order chi connectivity index (χ1) is 22.8. The van der Waals surface area contributed by atoms with E-state index in [0.29, 0.717) is 11.5 Å². The molecular weight excluding hydrogens is 572 g/mol. The number of aryl methyl sites for hydroxylation is 4. The van der Waals surface area contributed by atoms with Crippen molar-refractivity contribution in [3.63, 3.8) is 0 Å². The molecule has 0 heterocycles. The second-order valence-electron chi connectivity index (χ2n) is 13.4. The van der Waals surface area contributed by atoms with Crippen molar-refractivity contribution in [2.24, 2.45) is 0 Å². The largest absolute Gasteiger partial charge is 0.507 e. The molecule has 0 saturated heterocycles. The molecule has 0 aromatic heterocycles. The van der Waals surface area contributed by atoms with Crippen LogP contribution in [0.1, 0.15) is 59.1 Å². The number of benzene rings is 6. The molecule has 1 aliphatic carbocycles. The van der Waals surface area contributed by atoms with E-state index < -0.39 is 0 Å². The number of phenols is 2. The summed E-state index contributed by atoms with van der Waals surface area (Å²) in [6.07, 6.45) is 4.20. The SMILES string of the molecule is Cc1ccccc1-c1cc(C2(c3cc(-c4ccccc4C)c(O)c(-c4ccccc4C)c3)CCCC2)cc(-c2ccccc2C)c1O. The lowest BCUT2D eigenvalue weighted by Crippen LogP contribution is -2.24. The second kappa shape index (κ2) is 12.3. The third-order valence-corrected chi connectivity index (χ3v) is 10.5. The van der Waals surface area contributed by atoms with Crippen LogP contribution in [0.4, 0.5) is 0 Å². The predicted octanol–water partition coefficient (Wildman–Crippen LogP) is 11.9. The molecule has 0 atom stereocenters. The fraction of sp³-hybridized carbons (Fsp3) is 0.200. The number of hydrogen-bond donors (Lipinski definition) is 2. The smallest absolute Gasteiger partial charge is 0.131 e. The predicted molar refractivity (Wildman–Crippen MR) is 196 cm³/mol. The van der Waals surface area contributed by atoms with Crippen molar-refractivity contribution in [1.29, 1.82) is 0 Å². The van der Waals surface area contributed by atoms with Gasteiger partial charge in [0.2, 0.25) is 0 Å². The molecule has 1 fully saturated rings. The van der Waals surface area contributed by atoms with E-state index in [1.165, 1.54) is 11.1 Å². The first-order valence-electron chi connectivity index (χ1n) is 16.8. The Bertz CT molecular complexity index is 1830. The van der Waals surface area contributed by atoms with Gasteiger partial charge in [0, 0.05) is 27.7 Å². The molecule has 2 N–H and O–H groups in total. The maximum Gasteiger partial charge on any atom is 0.131 e. The Morgan fingerprint density at radius 1 is 0.383 bits per heavy atom. The Labute approximate surface area is 279 Å². The Balaban J connectivity index is 1.56. The molecule has 0 spiro atoms. The van der Waals surface area contributed by atoms with Gasteiger partial charge in [-0.15, -0.1) is 0 Å². The lowest BCUT2D eigenvalue weighted by atomic mass is 9.70. The van der Waals surface area contributed by atoms with Crippen LogP contribution in [0.2, 0.25) is 0 Å². The Hall–Kier alpha value is -5.08. The number of hydrogen-bond acceptors (Lipinski definition) is 2. The molecule has 1 aliphatic rings. The minimum atomic E-state index is -0.300. The standard InChI is InChI=1S/C45H42O2/c1-29-15-5-9-19-35(29)39-25-33(26-40(43(39)46)36-20-10-6-16-30(36)2)45(23-13-14-24-45)34-27-41(37-21-11-7-17-31(37)3)44(47)42(28-34)38-22-12-8-18-32(38)4/h5-12,15-22,25-28,46-47H,13-14,23-24H2,1-4H3. The van der Waals surface area contributed by atoms with Gasteiger partial charge in [0.15, 0.2) is 0 Å². The van der Waals surface area contributed by atoms with Crippen molar-refractivity contribution in [3.8, 4) is 56.0 Å². The van der Waals surface area contributed by atoms with E-state index >= 15 is 0 Å². The van der Waals surface area contributed by atoms with Crippen LogP contribution >= 0.6 is 0 Å². The average molecular weight is 615 g/mol. The highest BCUT2D eigenvalue weighted by molar-refractivity contribution is 5.88. The van der Waals surface area contributed by atoms with Gasteiger partial charge in [-0.25, -0.2) is 0 Å². The van der Waals surface area contributed by atoms with Crippen LogP contribution in [0.3, 0.4) is 0 Å². The summed E-state index contributed by atoms with van der Waals surface area (Å²) in [5.41, 5.74) is 14.3. The van der Waals surface area contributed by atoms with Gasteiger partial charge in [0.1, 0.15) is 11.5 Å². The zero-order chi connectivity index (χ0) is 32.7. The van der Waals surface area contributed by atoms with Crippen molar-refractivity contribution in [1.82, 2.24) is 0 Å². The first kappa shape index (κ1) is 30.6. The lowest BCUT2D eigenvalue weighted by molar-refractivity contribution is 0.475. The maximum absolute atomic E-state index is 12.0. The average Bonchev–Trinajstić information content (AvgIpc) is 3.58. The molecule has 2 nitrogen and oxygen atoms in total. The monoisotopic (exact) mass is 614 g/mol. The minimum absolute atomic E-state index is 0.300. The number of phenolic OH excluding ortho intramolecular Hbond substituents is 2. The highest BCUT2D eigenvalue weighted by Gasteiger charge is 2.40.